The molecule has 1 amide bonds. The molecule has 11 heteroatoms. The fourth-order valence-corrected chi connectivity index (χ4v) is 4.75. The van der Waals surface area contributed by atoms with E-state index in [-0.39, 0.29) is 34.6 Å². The third-order valence-corrected chi connectivity index (χ3v) is 6.77. The molecule has 29 heavy (non-hydrogen) atoms. The molecule has 2 aliphatic rings. The van der Waals surface area contributed by atoms with Crippen molar-refractivity contribution in [3.05, 3.63) is 41.7 Å². The second-order valence-electron chi connectivity index (χ2n) is 7.53. The zero-order valence-electron chi connectivity index (χ0n) is 15.5. The molecule has 0 unspecified atom stereocenters. The first-order valence-electron chi connectivity index (χ1n) is 9.52. The molecule has 0 bridgehead atoms. The van der Waals surface area contributed by atoms with E-state index < -0.39 is 21.7 Å². The predicted molar refractivity (Wildman–Crippen MR) is 98.5 cm³/mol. The van der Waals surface area contributed by atoms with Gasteiger partial charge in [0.1, 0.15) is 0 Å². The molecule has 2 aliphatic carbocycles. The van der Waals surface area contributed by atoms with Crippen molar-refractivity contribution in [2.75, 3.05) is 0 Å². The monoisotopic (exact) mass is 425 g/mol. The van der Waals surface area contributed by atoms with Crippen molar-refractivity contribution >= 4 is 15.9 Å². The fraction of sp³-hybridized carbons (Fsp3) is 0.500. The minimum Gasteiger partial charge on any atom is -0.348 e. The van der Waals surface area contributed by atoms with Crippen LogP contribution in [0.5, 0.6) is 0 Å². The lowest BCUT2D eigenvalue weighted by Gasteiger charge is -2.28. The summed E-state index contributed by atoms with van der Waals surface area (Å²) in [5.41, 5.74) is 0.276. The number of carbonyl (C=O) groups excluding carboxylic acids is 1. The fourth-order valence-electron chi connectivity index (χ4n) is 3.44. The zero-order valence-corrected chi connectivity index (χ0v) is 16.3. The summed E-state index contributed by atoms with van der Waals surface area (Å²) in [6.45, 7) is 0. The molecule has 2 saturated carbocycles. The van der Waals surface area contributed by atoms with Gasteiger partial charge < -0.3 is 5.32 Å². The van der Waals surface area contributed by atoms with Gasteiger partial charge in [-0.25, -0.2) is 26.6 Å². The van der Waals surface area contributed by atoms with Crippen molar-refractivity contribution in [1.82, 2.24) is 25.0 Å². The second-order valence-corrected chi connectivity index (χ2v) is 9.25. The SMILES string of the molecule is O=C(NC1CC1)c1cn(C2CCC(NS(=O)(=O)c3ccc(F)c(F)c3)CC2)nn1. The van der Waals surface area contributed by atoms with E-state index in [2.05, 4.69) is 20.4 Å². The van der Waals surface area contributed by atoms with Gasteiger partial charge in [-0.3, -0.25) is 4.79 Å². The third kappa shape index (κ3) is 4.61. The topological polar surface area (TPSA) is 106 Å². The largest absolute Gasteiger partial charge is 0.348 e. The van der Waals surface area contributed by atoms with Crippen LogP contribution in [0, 0.1) is 11.6 Å². The molecular formula is C18H21F2N5O3S. The minimum atomic E-state index is -3.94. The molecule has 156 valence electrons. The van der Waals surface area contributed by atoms with Gasteiger partial charge in [0.15, 0.2) is 17.3 Å². The number of benzene rings is 1. The summed E-state index contributed by atoms with van der Waals surface area (Å²) in [5.74, 6) is -2.53. The number of carbonyl (C=O) groups is 1. The maximum atomic E-state index is 13.3. The highest BCUT2D eigenvalue weighted by Gasteiger charge is 2.29. The van der Waals surface area contributed by atoms with Gasteiger partial charge in [0.05, 0.1) is 17.1 Å². The average molecular weight is 425 g/mol. The molecule has 1 heterocycles. The first-order chi connectivity index (χ1) is 13.8. The Hall–Kier alpha value is -2.40. The van der Waals surface area contributed by atoms with E-state index in [0.29, 0.717) is 31.7 Å². The highest BCUT2D eigenvalue weighted by molar-refractivity contribution is 7.89. The van der Waals surface area contributed by atoms with E-state index in [1.165, 1.54) is 0 Å². The number of nitrogens with zero attached hydrogens (tertiary/aromatic N) is 3. The number of sulfonamides is 1. The van der Waals surface area contributed by atoms with E-state index in [4.69, 9.17) is 0 Å². The highest BCUT2D eigenvalue weighted by atomic mass is 32.2. The summed E-state index contributed by atoms with van der Waals surface area (Å²) >= 11 is 0. The lowest BCUT2D eigenvalue weighted by atomic mass is 9.92. The summed E-state index contributed by atoms with van der Waals surface area (Å²) in [5, 5.41) is 10.8. The van der Waals surface area contributed by atoms with Crippen LogP contribution < -0.4 is 10.0 Å². The zero-order chi connectivity index (χ0) is 20.6. The first-order valence-corrected chi connectivity index (χ1v) is 11.0. The standard InChI is InChI=1S/C18H21F2N5O3S/c19-15-8-7-14(9-16(15)20)29(27,28)23-12-3-5-13(6-4-12)25-10-17(22-24-25)18(26)21-11-1-2-11/h7-13,23H,1-6H2,(H,21,26). The molecule has 8 nitrogen and oxygen atoms in total. The molecule has 0 saturated heterocycles. The number of halogens is 2. The van der Waals surface area contributed by atoms with Gasteiger partial charge in [-0.1, -0.05) is 5.21 Å². The van der Waals surface area contributed by atoms with E-state index in [9.17, 15) is 22.0 Å². The lowest BCUT2D eigenvalue weighted by molar-refractivity contribution is 0.0946. The van der Waals surface area contributed by atoms with Crippen molar-refractivity contribution in [1.29, 1.82) is 0 Å². The maximum absolute atomic E-state index is 13.3. The number of aromatic nitrogens is 3. The van der Waals surface area contributed by atoms with Crippen molar-refractivity contribution in [3.8, 4) is 0 Å². The van der Waals surface area contributed by atoms with E-state index in [0.717, 1.165) is 25.0 Å². The Morgan fingerprint density at radius 2 is 1.72 bits per heavy atom. The van der Waals surface area contributed by atoms with Crippen LogP contribution >= 0.6 is 0 Å². The summed E-state index contributed by atoms with van der Waals surface area (Å²) in [6.07, 6.45) is 6.01. The van der Waals surface area contributed by atoms with Gasteiger partial charge >= 0.3 is 0 Å². The summed E-state index contributed by atoms with van der Waals surface area (Å²) in [6, 6.07) is 2.45. The Morgan fingerprint density at radius 1 is 1.03 bits per heavy atom. The maximum Gasteiger partial charge on any atom is 0.273 e. The van der Waals surface area contributed by atoms with Gasteiger partial charge in [0.25, 0.3) is 5.91 Å². The summed E-state index contributed by atoms with van der Waals surface area (Å²) < 4.78 is 55.4. The summed E-state index contributed by atoms with van der Waals surface area (Å²) in [7, 11) is -3.94. The number of hydrogen-bond acceptors (Lipinski definition) is 5. The average Bonchev–Trinajstić information content (AvgIpc) is 3.36. The van der Waals surface area contributed by atoms with Crippen molar-refractivity contribution < 1.29 is 22.0 Å². The van der Waals surface area contributed by atoms with Crippen LogP contribution in [0.25, 0.3) is 0 Å². The molecule has 4 rings (SSSR count). The van der Waals surface area contributed by atoms with E-state index >= 15 is 0 Å². The van der Waals surface area contributed by atoms with Gasteiger partial charge in [-0.15, -0.1) is 5.10 Å². The number of rotatable bonds is 6. The molecule has 0 spiro atoms. The van der Waals surface area contributed by atoms with Gasteiger partial charge in [-0.05, 0) is 56.7 Å². The van der Waals surface area contributed by atoms with Crippen molar-refractivity contribution in [2.45, 2.75) is 61.5 Å². The molecule has 1 aromatic carbocycles. The van der Waals surface area contributed by atoms with Crippen molar-refractivity contribution in [2.24, 2.45) is 0 Å². The second kappa shape index (κ2) is 7.79. The number of nitrogens with one attached hydrogen (secondary N) is 2. The molecule has 0 atom stereocenters. The van der Waals surface area contributed by atoms with Gasteiger partial charge in [0, 0.05) is 12.1 Å². The predicted octanol–water partition coefficient (Wildman–Crippen LogP) is 1.91. The Balaban J connectivity index is 1.34. The molecular weight excluding hydrogens is 404 g/mol. The van der Waals surface area contributed by atoms with Gasteiger partial charge in [-0.2, -0.15) is 0 Å². The van der Waals surface area contributed by atoms with Crippen LogP contribution in [-0.4, -0.2) is 41.4 Å². The van der Waals surface area contributed by atoms with Crippen LogP contribution in [0.1, 0.15) is 55.1 Å². The van der Waals surface area contributed by atoms with Crippen LogP contribution in [0.4, 0.5) is 8.78 Å². The quantitative estimate of drug-likeness (QED) is 0.736. The molecule has 2 aromatic rings. The van der Waals surface area contributed by atoms with E-state index in [1.807, 2.05) is 0 Å². The molecule has 1 aromatic heterocycles. The minimum absolute atomic E-state index is 0.0222. The van der Waals surface area contributed by atoms with Crippen LogP contribution in [0.2, 0.25) is 0 Å². The van der Waals surface area contributed by atoms with Gasteiger partial charge in [0.2, 0.25) is 10.0 Å². The Kier molecular flexibility index (Phi) is 5.34. The van der Waals surface area contributed by atoms with Crippen molar-refractivity contribution in [3.63, 3.8) is 0 Å². The van der Waals surface area contributed by atoms with Crippen LogP contribution in [0.3, 0.4) is 0 Å². The highest BCUT2D eigenvalue weighted by Crippen LogP contribution is 2.29. The first kappa shape index (κ1) is 19.9. The summed E-state index contributed by atoms with van der Waals surface area (Å²) in [4.78, 5) is 11.7. The smallest absolute Gasteiger partial charge is 0.273 e. The Labute approximate surface area is 166 Å². The third-order valence-electron chi connectivity index (χ3n) is 5.25. The Morgan fingerprint density at radius 3 is 2.38 bits per heavy atom. The molecule has 0 radical (unpaired) electrons. The number of hydrogen-bond donors (Lipinski definition) is 2. The van der Waals surface area contributed by atoms with Crippen LogP contribution in [0.15, 0.2) is 29.3 Å². The molecule has 2 fully saturated rings. The lowest BCUT2D eigenvalue weighted by Crippen LogP contribution is -2.38. The van der Waals surface area contributed by atoms with E-state index in [1.54, 1.807) is 10.9 Å². The number of amides is 1. The molecule has 0 aliphatic heterocycles. The Bertz CT molecular complexity index is 1010. The normalized spacial score (nSPS) is 22.4. The molecule has 2 N–H and O–H groups in total. The van der Waals surface area contributed by atoms with Crippen LogP contribution in [-0.2, 0) is 10.0 Å².